The number of Topliss-reactive ketones (excluding diaryl/α,β-unsaturated/α-hetero) is 1. The Morgan fingerprint density at radius 3 is 2.38 bits per heavy atom. The number of rotatable bonds is 4. The summed E-state index contributed by atoms with van der Waals surface area (Å²) in [4.78, 5) is 25.2. The second-order valence-corrected chi connectivity index (χ2v) is 10.8. The maximum atomic E-state index is 13.5. The molecule has 8 atom stereocenters. The van der Waals surface area contributed by atoms with Gasteiger partial charge in [-0.3, -0.25) is 9.59 Å². The molecule has 9 nitrogen and oxygen atoms in total. The van der Waals surface area contributed by atoms with Crippen LogP contribution >= 0.6 is 0 Å². The van der Waals surface area contributed by atoms with E-state index >= 15 is 0 Å². The molecule has 0 aromatic rings. The SMILES string of the molecule is CC(=O)O[C@H]1[C@@H](O[C@]23C=C(C)C4(CC4)[C@](C)(O)[C@H]2C(=O)C(C)(C)C3)O[C@H](CO)[C@H](O)[C@@H]1O. The minimum absolute atomic E-state index is 0.128. The highest BCUT2D eigenvalue weighted by Gasteiger charge is 2.74. The minimum atomic E-state index is -1.57. The van der Waals surface area contributed by atoms with Gasteiger partial charge in [-0.1, -0.05) is 25.5 Å². The van der Waals surface area contributed by atoms with Crippen molar-refractivity contribution in [3.05, 3.63) is 11.6 Å². The maximum Gasteiger partial charge on any atom is 0.303 e. The van der Waals surface area contributed by atoms with E-state index in [4.69, 9.17) is 14.2 Å². The third kappa shape index (κ3) is 3.20. The first-order valence-corrected chi connectivity index (χ1v) is 11.2. The van der Waals surface area contributed by atoms with Crippen molar-refractivity contribution in [1.29, 1.82) is 0 Å². The van der Waals surface area contributed by atoms with Crippen LogP contribution in [0.15, 0.2) is 11.6 Å². The van der Waals surface area contributed by atoms with E-state index in [1.807, 2.05) is 13.0 Å². The Kier molecular flexibility index (Phi) is 5.44. The van der Waals surface area contributed by atoms with E-state index in [1.54, 1.807) is 20.8 Å². The molecule has 4 rings (SSSR count). The fourth-order valence-electron chi connectivity index (χ4n) is 6.39. The maximum absolute atomic E-state index is 13.5. The zero-order valence-corrected chi connectivity index (χ0v) is 19.2. The lowest BCUT2D eigenvalue weighted by Crippen LogP contribution is -2.64. The zero-order chi connectivity index (χ0) is 23.9. The molecule has 0 aromatic heterocycles. The van der Waals surface area contributed by atoms with Gasteiger partial charge in [0.2, 0.25) is 0 Å². The number of esters is 1. The summed E-state index contributed by atoms with van der Waals surface area (Å²) in [6.07, 6.45) is -3.31. The van der Waals surface area contributed by atoms with Crippen LogP contribution in [-0.2, 0) is 23.8 Å². The van der Waals surface area contributed by atoms with Gasteiger partial charge in [-0.15, -0.1) is 0 Å². The molecule has 1 aliphatic heterocycles. The summed E-state index contributed by atoms with van der Waals surface area (Å²) in [6.45, 7) is 7.76. The van der Waals surface area contributed by atoms with Crippen molar-refractivity contribution in [3.63, 3.8) is 0 Å². The topological polar surface area (TPSA) is 143 Å². The quantitative estimate of drug-likeness (QED) is 0.346. The Morgan fingerprint density at radius 1 is 1.22 bits per heavy atom. The summed E-state index contributed by atoms with van der Waals surface area (Å²) in [5.74, 6) is -1.73. The molecule has 1 spiro atoms. The molecule has 180 valence electrons. The minimum Gasteiger partial charge on any atom is -0.454 e. The van der Waals surface area contributed by atoms with Crippen molar-refractivity contribution in [1.82, 2.24) is 0 Å². The summed E-state index contributed by atoms with van der Waals surface area (Å²) in [5.41, 5.74) is -2.99. The van der Waals surface area contributed by atoms with Gasteiger partial charge in [0.25, 0.3) is 0 Å². The van der Waals surface area contributed by atoms with Gasteiger partial charge in [0, 0.05) is 17.8 Å². The molecule has 0 radical (unpaired) electrons. The summed E-state index contributed by atoms with van der Waals surface area (Å²) in [7, 11) is 0. The van der Waals surface area contributed by atoms with Crippen molar-refractivity contribution in [2.24, 2.45) is 16.7 Å². The third-order valence-electron chi connectivity index (χ3n) is 8.09. The first kappa shape index (κ1) is 23.8. The van der Waals surface area contributed by atoms with Gasteiger partial charge in [-0.2, -0.15) is 0 Å². The van der Waals surface area contributed by atoms with E-state index in [9.17, 15) is 30.0 Å². The summed E-state index contributed by atoms with van der Waals surface area (Å²) >= 11 is 0. The molecule has 9 heteroatoms. The Bertz CT molecular complexity index is 842. The zero-order valence-electron chi connectivity index (χ0n) is 19.2. The van der Waals surface area contributed by atoms with Gasteiger partial charge in [0.15, 0.2) is 12.4 Å². The van der Waals surface area contributed by atoms with Crippen LogP contribution in [0, 0.1) is 16.7 Å². The Labute approximate surface area is 187 Å². The number of fused-ring (bicyclic) bond motifs is 1. The largest absolute Gasteiger partial charge is 0.454 e. The molecule has 2 saturated carbocycles. The average molecular weight is 455 g/mol. The van der Waals surface area contributed by atoms with Gasteiger partial charge >= 0.3 is 5.97 Å². The smallest absolute Gasteiger partial charge is 0.303 e. The normalized spacial score (nSPS) is 46.5. The number of carbonyl (C=O) groups is 2. The van der Waals surface area contributed by atoms with Gasteiger partial charge in [-0.05, 0) is 33.1 Å². The van der Waals surface area contributed by atoms with E-state index in [-0.39, 0.29) is 12.2 Å². The molecule has 3 fully saturated rings. The van der Waals surface area contributed by atoms with Gasteiger partial charge in [-0.25, -0.2) is 0 Å². The first-order valence-electron chi connectivity index (χ1n) is 11.2. The van der Waals surface area contributed by atoms with E-state index in [2.05, 4.69) is 0 Å². The second kappa shape index (κ2) is 7.32. The first-order chi connectivity index (χ1) is 14.7. The molecular formula is C23H34O9. The van der Waals surface area contributed by atoms with E-state index in [0.29, 0.717) is 0 Å². The standard InChI is InChI=1S/C23H34O9/c1-11-8-23(10-20(3,4)18(28)17(23)21(5,29)22(11)6-7-22)32-19-16(30-12(2)25)15(27)14(26)13(9-24)31-19/h8,13-17,19,24,26-27,29H,6-7,9-10H2,1-5H3/t13-,14+,15+,16-,17-,19-,21-,23+/m1/s1. The molecule has 0 unspecified atom stereocenters. The highest BCUT2D eigenvalue weighted by Crippen LogP contribution is 2.69. The lowest BCUT2D eigenvalue weighted by atomic mass is 9.61. The monoisotopic (exact) mass is 454 g/mol. The lowest BCUT2D eigenvalue weighted by molar-refractivity contribution is -0.331. The molecule has 1 saturated heterocycles. The van der Waals surface area contributed by atoms with Crippen LogP contribution in [0.3, 0.4) is 0 Å². The Morgan fingerprint density at radius 2 is 1.84 bits per heavy atom. The number of hydrogen-bond acceptors (Lipinski definition) is 9. The molecule has 3 aliphatic carbocycles. The molecule has 1 heterocycles. The van der Waals surface area contributed by atoms with Crippen LogP contribution in [-0.4, -0.2) is 80.7 Å². The van der Waals surface area contributed by atoms with Crippen LogP contribution in [0.1, 0.15) is 53.9 Å². The summed E-state index contributed by atoms with van der Waals surface area (Å²) in [5, 5.41) is 42.2. The fourth-order valence-corrected chi connectivity index (χ4v) is 6.39. The predicted octanol–water partition coefficient (Wildman–Crippen LogP) is 0.219. The van der Waals surface area contributed by atoms with Crippen molar-refractivity contribution < 1.29 is 44.2 Å². The highest BCUT2D eigenvalue weighted by atomic mass is 16.7. The summed E-state index contributed by atoms with van der Waals surface area (Å²) < 4.78 is 17.4. The molecule has 4 N–H and O–H groups in total. The van der Waals surface area contributed by atoms with E-state index < -0.39 is 71.2 Å². The van der Waals surface area contributed by atoms with Crippen LogP contribution in [0.2, 0.25) is 0 Å². The van der Waals surface area contributed by atoms with Crippen LogP contribution < -0.4 is 0 Å². The summed E-state index contributed by atoms with van der Waals surface area (Å²) in [6, 6.07) is 0. The molecule has 0 bridgehead atoms. The third-order valence-corrected chi connectivity index (χ3v) is 8.09. The number of aliphatic hydroxyl groups excluding tert-OH is 3. The Hall–Kier alpha value is -1.36. The van der Waals surface area contributed by atoms with Crippen LogP contribution in [0.25, 0.3) is 0 Å². The van der Waals surface area contributed by atoms with Crippen molar-refractivity contribution in [2.75, 3.05) is 6.61 Å². The average Bonchev–Trinajstić information content (AvgIpc) is 3.45. The molecule has 0 aromatic carbocycles. The molecule has 0 amide bonds. The van der Waals surface area contributed by atoms with Crippen molar-refractivity contribution in [2.45, 2.75) is 95.8 Å². The number of ketones is 1. The van der Waals surface area contributed by atoms with Gasteiger partial charge < -0.3 is 34.6 Å². The molecule has 32 heavy (non-hydrogen) atoms. The van der Waals surface area contributed by atoms with Crippen LogP contribution in [0.5, 0.6) is 0 Å². The number of aliphatic hydroxyl groups is 4. The van der Waals surface area contributed by atoms with Crippen molar-refractivity contribution >= 4 is 11.8 Å². The fraction of sp³-hybridized carbons (Fsp3) is 0.826. The lowest BCUT2D eigenvalue weighted by Gasteiger charge is -2.52. The predicted molar refractivity (Wildman–Crippen MR) is 110 cm³/mol. The number of hydrogen-bond donors (Lipinski definition) is 4. The Balaban J connectivity index is 1.78. The number of carbonyl (C=O) groups excluding carboxylic acids is 2. The van der Waals surface area contributed by atoms with Crippen molar-refractivity contribution in [3.8, 4) is 0 Å². The molecule has 4 aliphatic rings. The van der Waals surface area contributed by atoms with Gasteiger partial charge in [0.1, 0.15) is 29.7 Å². The molecular weight excluding hydrogens is 420 g/mol. The van der Waals surface area contributed by atoms with E-state index in [0.717, 1.165) is 25.3 Å². The van der Waals surface area contributed by atoms with Crippen LogP contribution in [0.4, 0.5) is 0 Å². The second-order valence-electron chi connectivity index (χ2n) is 10.8. The van der Waals surface area contributed by atoms with Gasteiger partial charge in [0.05, 0.1) is 18.1 Å². The highest BCUT2D eigenvalue weighted by molar-refractivity contribution is 5.92. The number of ether oxygens (including phenoxy) is 3. The van der Waals surface area contributed by atoms with E-state index in [1.165, 1.54) is 0 Å².